The first-order valence-corrected chi connectivity index (χ1v) is 8.30. The summed E-state index contributed by atoms with van der Waals surface area (Å²) in [5.41, 5.74) is 0. The normalized spacial score (nSPS) is 11.5. The van der Waals surface area contributed by atoms with Gasteiger partial charge in [-0.1, -0.05) is 18.5 Å². The molecule has 0 atom stereocenters. The second-order valence-corrected chi connectivity index (χ2v) is 6.51. The summed E-state index contributed by atoms with van der Waals surface area (Å²) in [5.74, 6) is 1.00. The summed E-state index contributed by atoms with van der Waals surface area (Å²) in [7, 11) is -3.68. The summed E-state index contributed by atoms with van der Waals surface area (Å²) in [6, 6.07) is 4.75. The molecule has 0 spiro atoms. The van der Waals surface area contributed by atoms with E-state index < -0.39 is 10.0 Å². The van der Waals surface area contributed by atoms with Crippen LogP contribution in [0.15, 0.2) is 40.0 Å². The van der Waals surface area contributed by atoms with E-state index in [0.29, 0.717) is 11.6 Å². The molecule has 6 nitrogen and oxygen atoms in total. The molecule has 0 saturated carbocycles. The summed E-state index contributed by atoms with van der Waals surface area (Å²) in [5, 5.41) is 3.29. The molecule has 2 aromatic rings. The van der Waals surface area contributed by atoms with Gasteiger partial charge in [0.15, 0.2) is 0 Å². The number of halogens is 1. The van der Waals surface area contributed by atoms with Crippen LogP contribution in [0.1, 0.15) is 19.1 Å². The third-order valence-corrected chi connectivity index (χ3v) is 4.34. The van der Waals surface area contributed by atoms with Crippen LogP contribution in [0, 0.1) is 0 Å². The van der Waals surface area contributed by atoms with Gasteiger partial charge in [-0.2, -0.15) is 0 Å². The lowest BCUT2D eigenvalue weighted by Crippen LogP contribution is -2.23. The number of hydrogen-bond donors (Lipinski definition) is 2. The van der Waals surface area contributed by atoms with Crippen LogP contribution >= 0.6 is 11.6 Å². The largest absolute Gasteiger partial charge is 0.468 e. The minimum atomic E-state index is -3.68. The molecule has 2 aromatic heterocycles. The highest BCUT2D eigenvalue weighted by Gasteiger charge is 2.16. The van der Waals surface area contributed by atoms with E-state index in [1.807, 2.05) is 6.92 Å². The molecule has 114 valence electrons. The van der Waals surface area contributed by atoms with Crippen LogP contribution < -0.4 is 10.0 Å². The molecule has 0 unspecified atom stereocenters. The number of nitrogens with zero attached hydrogens (tertiary/aromatic N) is 1. The number of furan rings is 1. The first-order chi connectivity index (χ1) is 10.0. The van der Waals surface area contributed by atoms with Crippen LogP contribution in [-0.4, -0.2) is 19.9 Å². The zero-order chi connectivity index (χ0) is 15.3. The molecule has 21 heavy (non-hydrogen) atoms. The molecule has 0 radical (unpaired) electrons. The van der Waals surface area contributed by atoms with Gasteiger partial charge in [0.1, 0.15) is 16.5 Å². The van der Waals surface area contributed by atoms with Crippen LogP contribution in [0.5, 0.6) is 0 Å². The molecule has 2 rings (SSSR count). The number of hydrogen-bond acceptors (Lipinski definition) is 5. The highest BCUT2D eigenvalue weighted by Crippen LogP contribution is 2.22. The topological polar surface area (TPSA) is 84.2 Å². The fraction of sp³-hybridized carbons (Fsp3) is 0.308. The van der Waals surface area contributed by atoms with Crippen molar-refractivity contribution >= 4 is 27.4 Å². The average molecular weight is 330 g/mol. The first kappa shape index (κ1) is 15.8. The number of anilines is 1. The lowest BCUT2D eigenvalue weighted by atomic mass is 10.4. The van der Waals surface area contributed by atoms with Gasteiger partial charge in [0.25, 0.3) is 0 Å². The molecule has 0 amide bonds. The van der Waals surface area contributed by atoms with Crippen LogP contribution in [0.2, 0.25) is 5.02 Å². The van der Waals surface area contributed by atoms with Gasteiger partial charge in [-0.3, -0.25) is 0 Å². The molecule has 0 aliphatic rings. The summed E-state index contributed by atoms with van der Waals surface area (Å²) in [6.07, 6.45) is 3.67. The lowest BCUT2D eigenvalue weighted by molar-refractivity contribution is 0.498. The van der Waals surface area contributed by atoms with Crippen molar-refractivity contribution in [2.45, 2.75) is 24.8 Å². The Morgan fingerprint density at radius 1 is 1.43 bits per heavy atom. The quantitative estimate of drug-likeness (QED) is 0.815. The average Bonchev–Trinajstić information content (AvgIpc) is 2.97. The van der Waals surface area contributed by atoms with E-state index >= 15 is 0 Å². The summed E-state index contributed by atoms with van der Waals surface area (Å²) < 4.78 is 31.8. The Balaban J connectivity index is 2.10. The first-order valence-electron chi connectivity index (χ1n) is 6.44. The Hall–Kier alpha value is -1.57. The highest BCUT2D eigenvalue weighted by atomic mass is 35.5. The van der Waals surface area contributed by atoms with Gasteiger partial charge in [0.05, 0.1) is 17.8 Å². The van der Waals surface area contributed by atoms with Gasteiger partial charge in [-0.25, -0.2) is 18.1 Å². The molecule has 8 heteroatoms. The zero-order valence-electron chi connectivity index (χ0n) is 11.5. The molecule has 0 aromatic carbocycles. The van der Waals surface area contributed by atoms with E-state index in [2.05, 4.69) is 15.0 Å². The lowest BCUT2D eigenvalue weighted by Gasteiger charge is -2.09. The van der Waals surface area contributed by atoms with E-state index in [1.54, 1.807) is 12.1 Å². The van der Waals surface area contributed by atoms with Crippen molar-refractivity contribution in [3.8, 4) is 0 Å². The van der Waals surface area contributed by atoms with Crippen molar-refractivity contribution in [3.63, 3.8) is 0 Å². The maximum atomic E-state index is 12.1. The van der Waals surface area contributed by atoms with Crippen molar-refractivity contribution in [2.75, 3.05) is 11.9 Å². The molecular formula is C13H16ClN3O3S. The molecule has 0 saturated heterocycles. The fourth-order valence-electron chi connectivity index (χ4n) is 1.60. The van der Waals surface area contributed by atoms with Gasteiger partial charge < -0.3 is 9.73 Å². The Bertz CT molecular complexity index is 687. The molecule has 0 aliphatic heterocycles. The zero-order valence-corrected chi connectivity index (χ0v) is 13.0. The predicted molar refractivity (Wildman–Crippen MR) is 80.8 cm³/mol. The van der Waals surface area contributed by atoms with Gasteiger partial charge in [0, 0.05) is 12.7 Å². The van der Waals surface area contributed by atoms with E-state index in [-0.39, 0.29) is 16.5 Å². The molecule has 2 heterocycles. The monoisotopic (exact) mass is 329 g/mol. The van der Waals surface area contributed by atoms with Gasteiger partial charge in [0.2, 0.25) is 10.0 Å². The second-order valence-electron chi connectivity index (χ2n) is 4.33. The Labute approximate surface area is 128 Å². The highest BCUT2D eigenvalue weighted by molar-refractivity contribution is 7.89. The summed E-state index contributed by atoms with van der Waals surface area (Å²) in [6.45, 7) is 2.80. The molecule has 2 N–H and O–H groups in total. The fourth-order valence-corrected chi connectivity index (χ4v) is 2.86. The van der Waals surface area contributed by atoms with E-state index in [4.69, 9.17) is 16.0 Å². The number of nitrogens with one attached hydrogen (secondary N) is 2. The van der Waals surface area contributed by atoms with Crippen molar-refractivity contribution in [2.24, 2.45) is 0 Å². The van der Waals surface area contributed by atoms with Crippen LogP contribution in [0.3, 0.4) is 0 Å². The Morgan fingerprint density at radius 2 is 2.24 bits per heavy atom. The number of sulfonamides is 1. The maximum Gasteiger partial charge on any atom is 0.242 e. The third kappa shape index (κ3) is 4.20. The number of pyridine rings is 1. The van der Waals surface area contributed by atoms with Crippen LogP contribution in [0.4, 0.5) is 5.82 Å². The van der Waals surface area contributed by atoms with Crippen molar-refractivity contribution in [3.05, 3.63) is 41.4 Å². The van der Waals surface area contributed by atoms with Gasteiger partial charge in [-0.05, 0) is 24.6 Å². The Kier molecular flexibility index (Phi) is 5.22. The third-order valence-electron chi connectivity index (χ3n) is 2.69. The van der Waals surface area contributed by atoms with Crippen LogP contribution in [-0.2, 0) is 16.6 Å². The molecule has 0 fully saturated rings. The van der Waals surface area contributed by atoms with E-state index in [1.165, 1.54) is 18.5 Å². The van der Waals surface area contributed by atoms with E-state index in [9.17, 15) is 8.42 Å². The minimum absolute atomic E-state index is 0.0149. The SMILES string of the molecule is CCCNc1ncc(S(=O)(=O)NCc2ccco2)cc1Cl. The predicted octanol–water partition coefficient (Wildman–Crippen LogP) is 2.63. The molecule has 0 aliphatic carbocycles. The minimum Gasteiger partial charge on any atom is -0.468 e. The Morgan fingerprint density at radius 3 is 2.86 bits per heavy atom. The standard InChI is InChI=1S/C13H16ClN3O3S/c1-2-5-15-13-12(14)7-11(9-16-13)21(18,19)17-8-10-4-3-6-20-10/h3-4,6-7,9,17H,2,5,8H2,1H3,(H,15,16). The van der Waals surface area contributed by atoms with Gasteiger partial charge >= 0.3 is 0 Å². The van der Waals surface area contributed by atoms with Crippen molar-refractivity contribution < 1.29 is 12.8 Å². The van der Waals surface area contributed by atoms with Gasteiger partial charge in [-0.15, -0.1) is 0 Å². The van der Waals surface area contributed by atoms with Crippen molar-refractivity contribution in [1.29, 1.82) is 0 Å². The van der Waals surface area contributed by atoms with Crippen LogP contribution in [0.25, 0.3) is 0 Å². The second kappa shape index (κ2) is 6.93. The molecule has 0 bridgehead atoms. The summed E-state index contributed by atoms with van der Waals surface area (Å²) >= 11 is 6.04. The van der Waals surface area contributed by atoms with Crippen molar-refractivity contribution in [1.82, 2.24) is 9.71 Å². The maximum absolute atomic E-state index is 12.1. The van der Waals surface area contributed by atoms with E-state index in [0.717, 1.165) is 13.0 Å². The smallest absolute Gasteiger partial charge is 0.242 e. The number of rotatable bonds is 7. The summed E-state index contributed by atoms with van der Waals surface area (Å²) in [4.78, 5) is 4.06. The molecular weight excluding hydrogens is 314 g/mol. The number of aromatic nitrogens is 1.